The third-order valence-corrected chi connectivity index (χ3v) is 2.69. The quantitative estimate of drug-likeness (QED) is 0.811. The molecule has 0 saturated heterocycles. The second-order valence-electron chi connectivity index (χ2n) is 3.93. The van der Waals surface area contributed by atoms with E-state index in [1.54, 1.807) is 36.2 Å². The molecule has 0 unspecified atom stereocenters. The van der Waals surface area contributed by atoms with Gasteiger partial charge in [-0.2, -0.15) is 5.10 Å². The molecule has 3 nitrogen and oxygen atoms in total. The summed E-state index contributed by atoms with van der Waals surface area (Å²) < 4.78 is 20.5. The molecule has 0 amide bonds. The molecule has 1 heterocycles. The number of aromatic nitrogens is 2. The van der Waals surface area contributed by atoms with Crippen LogP contribution >= 0.6 is 0 Å². The van der Waals surface area contributed by atoms with Gasteiger partial charge in [0.1, 0.15) is 5.82 Å². The molecule has 2 rings (SSSR count). The zero-order valence-corrected chi connectivity index (χ0v) is 10.3. The molecule has 0 fully saturated rings. The molecular formula is C14H15FN2O. The third-order valence-electron chi connectivity index (χ3n) is 2.69. The average Bonchev–Trinajstić information content (AvgIpc) is 2.85. The maximum atomic E-state index is 13.8. The Kier molecular flexibility index (Phi) is 3.89. The average molecular weight is 246 g/mol. The summed E-state index contributed by atoms with van der Waals surface area (Å²) in [6, 6.07) is 4.90. The smallest absolute Gasteiger partial charge is 0.131 e. The number of ether oxygens (including phenoxy) is 1. The summed E-state index contributed by atoms with van der Waals surface area (Å²) in [5.41, 5.74) is 2.18. The normalized spacial score (nSPS) is 10.6. The van der Waals surface area contributed by atoms with E-state index in [-0.39, 0.29) is 5.82 Å². The van der Waals surface area contributed by atoms with Gasteiger partial charge in [0.2, 0.25) is 0 Å². The zero-order valence-electron chi connectivity index (χ0n) is 10.3. The number of hydrogen-bond donors (Lipinski definition) is 0. The molecule has 0 atom stereocenters. The first-order valence-corrected chi connectivity index (χ1v) is 5.68. The molecule has 94 valence electrons. The lowest BCUT2D eigenvalue weighted by atomic mass is 10.1. The van der Waals surface area contributed by atoms with Crippen LogP contribution in [0.5, 0.6) is 0 Å². The molecule has 1 aromatic carbocycles. The van der Waals surface area contributed by atoms with Crippen molar-refractivity contribution in [1.82, 2.24) is 9.78 Å². The molecular weight excluding hydrogens is 231 g/mol. The maximum Gasteiger partial charge on any atom is 0.131 e. The topological polar surface area (TPSA) is 27.1 Å². The van der Waals surface area contributed by atoms with Crippen LogP contribution in [0, 0.1) is 5.82 Å². The van der Waals surface area contributed by atoms with Crippen LogP contribution in [0.1, 0.15) is 5.56 Å². The van der Waals surface area contributed by atoms with Gasteiger partial charge in [-0.15, -0.1) is 0 Å². The van der Waals surface area contributed by atoms with E-state index in [9.17, 15) is 4.39 Å². The molecule has 0 aliphatic rings. The van der Waals surface area contributed by atoms with Crippen LogP contribution in [-0.4, -0.2) is 23.5 Å². The largest absolute Gasteiger partial charge is 0.383 e. The standard InChI is InChI=1S/C14H15FN2O/c1-3-11-4-5-14(15)13(8-11)12-9-16-17(10-12)6-7-18-2/h3-5,8-10H,1,6-7H2,2H3. The maximum absolute atomic E-state index is 13.8. The van der Waals surface area contributed by atoms with E-state index in [0.717, 1.165) is 11.1 Å². The molecule has 2 aromatic rings. The second kappa shape index (κ2) is 5.60. The Hall–Kier alpha value is -1.94. The van der Waals surface area contributed by atoms with Crippen molar-refractivity contribution in [3.63, 3.8) is 0 Å². The van der Waals surface area contributed by atoms with E-state index in [2.05, 4.69) is 11.7 Å². The van der Waals surface area contributed by atoms with Crippen LogP contribution in [-0.2, 0) is 11.3 Å². The number of halogens is 1. The van der Waals surface area contributed by atoms with Crippen molar-refractivity contribution in [1.29, 1.82) is 0 Å². The summed E-state index contributed by atoms with van der Waals surface area (Å²) in [6.45, 7) is 4.91. The van der Waals surface area contributed by atoms with Gasteiger partial charge in [0.25, 0.3) is 0 Å². The van der Waals surface area contributed by atoms with Gasteiger partial charge in [0.05, 0.1) is 19.3 Å². The summed E-state index contributed by atoms with van der Waals surface area (Å²) in [7, 11) is 1.64. The Bertz CT molecular complexity index is 548. The van der Waals surface area contributed by atoms with Gasteiger partial charge in [-0.25, -0.2) is 4.39 Å². The summed E-state index contributed by atoms with van der Waals surface area (Å²) in [6.07, 6.45) is 5.16. The van der Waals surface area contributed by atoms with Crippen LogP contribution in [0.25, 0.3) is 17.2 Å². The monoisotopic (exact) mass is 246 g/mol. The molecule has 0 radical (unpaired) electrons. The van der Waals surface area contributed by atoms with E-state index >= 15 is 0 Å². The van der Waals surface area contributed by atoms with E-state index in [0.29, 0.717) is 18.7 Å². The first-order valence-electron chi connectivity index (χ1n) is 5.68. The predicted octanol–water partition coefficient (Wildman–Crippen LogP) is 2.98. The van der Waals surface area contributed by atoms with E-state index in [1.807, 2.05) is 6.20 Å². The first-order chi connectivity index (χ1) is 8.74. The second-order valence-corrected chi connectivity index (χ2v) is 3.93. The molecule has 18 heavy (non-hydrogen) atoms. The van der Waals surface area contributed by atoms with Gasteiger partial charge < -0.3 is 4.74 Å². The van der Waals surface area contributed by atoms with Crippen molar-refractivity contribution >= 4 is 6.08 Å². The Morgan fingerprint density at radius 2 is 2.33 bits per heavy atom. The Labute approximate surface area is 106 Å². The summed E-state index contributed by atoms with van der Waals surface area (Å²) in [5, 5.41) is 4.17. The lowest BCUT2D eigenvalue weighted by Crippen LogP contribution is -2.03. The number of benzene rings is 1. The SMILES string of the molecule is C=Cc1ccc(F)c(-c2cnn(CCOC)c2)c1. The van der Waals surface area contributed by atoms with Crippen LogP contribution in [0.4, 0.5) is 4.39 Å². The number of rotatable bonds is 5. The van der Waals surface area contributed by atoms with E-state index in [1.165, 1.54) is 6.07 Å². The van der Waals surface area contributed by atoms with Crippen molar-refractivity contribution in [2.45, 2.75) is 6.54 Å². The highest BCUT2D eigenvalue weighted by molar-refractivity contribution is 5.66. The van der Waals surface area contributed by atoms with Gasteiger partial charge >= 0.3 is 0 Å². The highest BCUT2D eigenvalue weighted by Crippen LogP contribution is 2.23. The molecule has 0 saturated carbocycles. The van der Waals surface area contributed by atoms with Crippen molar-refractivity contribution in [2.24, 2.45) is 0 Å². The fourth-order valence-electron chi connectivity index (χ4n) is 1.70. The minimum absolute atomic E-state index is 0.258. The van der Waals surface area contributed by atoms with Gasteiger partial charge in [-0.05, 0) is 17.7 Å². The molecule has 0 bridgehead atoms. The van der Waals surface area contributed by atoms with Crippen LogP contribution in [0.15, 0.2) is 37.2 Å². The van der Waals surface area contributed by atoms with Crippen LogP contribution < -0.4 is 0 Å². The van der Waals surface area contributed by atoms with Gasteiger partial charge in [0.15, 0.2) is 0 Å². The summed E-state index contributed by atoms with van der Waals surface area (Å²) in [4.78, 5) is 0. The van der Waals surface area contributed by atoms with Gasteiger partial charge in [0, 0.05) is 24.4 Å². The summed E-state index contributed by atoms with van der Waals surface area (Å²) in [5.74, 6) is -0.258. The lowest BCUT2D eigenvalue weighted by Gasteiger charge is -2.02. The van der Waals surface area contributed by atoms with Crippen molar-refractivity contribution in [3.8, 4) is 11.1 Å². The Morgan fingerprint density at radius 1 is 1.50 bits per heavy atom. The molecule has 0 spiro atoms. The lowest BCUT2D eigenvalue weighted by molar-refractivity contribution is 0.183. The highest BCUT2D eigenvalue weighted by Gasteiger charge is 2.08. The van der Waals surface area contributed by atoms with Gasteiger partial charge in [-0.3, -0.25) is 4.68 Å². The first kappa shape index (κ1) is 12.5. The fraction of sp³-hybridized carbons (Fsp3) is 0.214. The Morgan fingerprint density at radius 3 is 3.06 bits per heavy atom. The molecule has 4 heteroatoms. The Balaban J connectivity index is 2.30. The number of hydrogen-bond acceptors (Lipinski definition) is 2. The predicted molar refractivity (Wildman–Crippen MR) is 69.6 cm³/mol. The van der Waals surface area contributed by atoms with Gasteiger partial charge in [-0.1, -0.05) is 18.7 Å². The van der Waals surface area contributed by atoms with Crippen molar-refractivity contribution in [2.75, 3.05) is 13.7 Å². The summed E-state index contributed by atoms with van der Waals surface area (Å²) >= 11 is 0. The molecule has 0 aliphatic carbocycles. The van der Waals surface area contributed by atoms with E-state index in [4.69, 9.17) is 4.74 Å². The molecule has 1 aromatic heterocycles. The third kappa shape index (κ3) is 2.65. The molecule has 0 N–H and O–H groups in total. The highest BCUT2D eigenvalue weighted by atomic mass is 19.1. The van der Waals surface area contributed by atoms with E-state index < -0.39 is 0 Å². The number of methoxy groups -OCH3 is 1. The fourth-order valence-corrected chi connectivity index (χ4v) is 1.70. The van der Waals surface area contributed by atoms with Crippen molar-refractivity contribution in [3.05, 3.63) is 48.6 Å². The van der Waals surface area contributed by atoms with Crippen molar-refractivity contribution < 1.29 is 9.13 Å². The molecule has 0 aliphatic heterocycles. The zero-order chi connectivity index (χ0) is 13.0. The number of nitrogens with zero attached hydrogens (tertiary/aromatic N) is 2. The van der Waals surface area contributed by atoms with Crippen LogP contribution in [0.2, 0.25) is 0 Å². The minimum atomic E-state index is -0.258. The van der Waals surface area contributed by atoms with Crippen LogP contribution in [0.3, 0.4) is 0 Å². The minimum Gasteiger partial charge on any atom is -0.383 e.